The molecule has 4 aromatic rings. The average Bonchev–Trinajstić information content (AvgIpc) is 3.33. The third-order valence-corrected chi connectivity index (χ3v) is 6.07. The molecule has 1 N–H and O–H groups in total. The van der Waals surface area contributed by atoms with E-state index in [4.69, 9.17) is 9.47 Å². The van der Waals surface area contributed by atoms with Gasteiger partial charge in [0, 0.05) is 5.69 Å². The Morgan fingerprint density at radius 3 is 2.46 bits per heavy atom. The fraction of sp³-hybridized carbons (Fsp3) is 0.222. The van der Waals surface area contributed by atoms with Crippen molar-refractivity contribution in [3.8, 4) is 11.5 Å². The van der Waals surface area contributed by atoms with Crippen molar-refractivity contribution < 1.29 is 14.3 Å². The van der Waals surface area contributed by atoms with Gasteiger partial charge in [0.2, 0.25) is 12.7 Å². The third-order valence-electron chi connectivity index (χ3n) is 6.07. The highest BCUT2D eigenvalue weighted by Gasteiger charge is 2.18. The SMILES string of the molecule is CC(C)c1ccc(NC(=O)Cn2c(=O)n(Cc3ccc4c(c3)OCO4)c(=O)c3ccccc32)cc1. The quantitative estimate of drug-likeness (QED) is 0.463. The van der Waals surface area contributed by atoms with Crippen molar-refractivity contribution in [2.45, 2.75) is 32.9 Å². The summed E-state index contributed by atoms with van der Waals surface area (Å²) in [6.45, 7) is 4.15. The average molecular weight is 472 g/mol. The van der Waals surface area contributed by atoms with Gasteiger partial charge in [0.25, 0.3) is 5.56 Å². The summed E-state index contributed by atoms with van der Waals surface area (Å²) in [7, 11) is 0. The Morgan fingerprint density at radius 1 is 0.943 bits per heavy atom. The van der Waals surface area contributed by atoms with Crippen molar-refractivity contribution in [1.82, 2.24) is 9.13 Å². The Bertz CT molecular complexity index is 1530. The van der Waals surface area contributed by atoms with E-state index in [1.165, 1.54) is 10.1 Å². The van der Waals surface area contributed by atoms with Gasteiger partial charge >= 0.3 is 5.69 Å². The molecule has 178 valence electrons. The molecule has 0 radical (unpaired) electrons. The lowest BCUT2D eigenvalue weighted by atomic mass is 10.0. The molecule has 0 fully saturated rings. The number of carbonyl (C=O) groups is 1. The molecule has 0 aliphatic carbocycles. The molecule has 0 atom stereocenters. The topological polar surface area (TPSA) is 91.6 Å². The first-order valence-electron chi connectivity index (χ1n) is 11.4. The highest BCUT2D eigenvalue weighted by Crippen LogP contribution is 2.32. The maximum absolute atomic E-state index is 13.4. The van der Waals surface area contributed by atoms with Crippen LogP contribution in [0.2, 0.25) is 0 Å². The van der Waals surface area contributed by atoms with Gasteiger partial charge in [-0.05, 0) is 53.4 Å². The predicted molar refractivity (Wildman–Crippen MR) is 133 cm³/mol. The number of amides is 1. The van der Waals surface area contributed by atoms with Crippen molar-refractivity contribution >= 4 is 22.5 Å². The van der Waals surface area contributed by atoms with Gasteiger partial charge in [0.15, 0.2) is 11.5 Å². The summed E-state index contributed by atoms with van der Waals surface area (Å²) in [5, 5.41) is 3.21. The summed E-state index contributed by atoms with van der Waals surface area (Å²) in [5.41, 5.74) is 1.96. The molecule has 0 unspecified atom stereocenters. The number of hydrogen-bond acceptors (Lipinski definition) is 5. The first kappa shape index (κ1) is 22.5. The molecular formula is C27H25N3O5. The summed E-state index contributed by atoms with van der Waals surface area (Å²) in [5.74, 6) is 1.22. The van der Waals surface area contributed by atoms with E-state index in [1.54, 1.807) is 42.5 Å². The number of rotatable bonds is 6. The number of para-hydroxylation sites is 1. The summed E-state index contributed by atoms with van der Waals surface area (Å²) in [6, 6.07) is 19.7. The van der Waals surface area contributed by atoms with Crippen LogP contribution in [-0.2, 0) is 17.9 Å². The van der Waals surface area contributed by atoms with Crippen LogP contribution in [0.1, 0.15) is 30.9 Å². The Balaban J connectivity index is 1.48. The maximum atomic E-state index is 13.4. The Morgan fingerprint density at radius 2 is 1.69 bits per heavy atom. The lowest BCUT2D eigenvalue weighted by molar-refractivity contribution is -0.116. The van der Waals surface area contributed by atoms with Crippen LogP contribution in [0.3, 0.4) is 0 Å². The van der Waals surface area contributed by atoms with E-state index in [1.807, 2.05) is 24.3 Å². The molecular weight excluding hydrogens is 446 g/mol. The number of nitrogens with one attached hydrogen (secondary N) is 1. The van der Waals surface area contributed by atoms with Crippen molar-refractivity contribution in [1.29, 1.82) is 0 Å². The van der Waals surface area contributed by atoms with Gasteiger partial charge in [-0.15, -0.1) is 0 Å². The smallest absolute Gasteiger partial charge is 0.332 e. The van der Waals surface area contributed by atoms with Gasteiger partial charge in [-0.25, -0.2) is 4.79 Å². The number of carbonyl (C=O) groups excluding carboxylic acids is 1. The van der Waals surface area contributed by atoms with Gasteiger partial charge in [0.1, 0.15) is 6.54 Å². The van der Waals surface area contributed by atoms with Gasteiger partial charge < -0.3 is 14.8 Å². The number of fused-ring (bicyclic) bond motifs is 2. The largest absolute Gasteiger partial charge is 0.454 e. The zero-order valence-electron chi connectivity index (χ0n) is 19.5. The van der Waals surface area contributed by atoms with Crippen molar-refractivity contribution in [2.24, 2.45) is 0 Å². The van der Waals surface area contributed by atoms with E-state index in [9.17, 15) is 14.4 Å². The number of nitrogens with zero attached hydrogens (tertiary/aromatic N) is 2. The number of benzene rings is 3. The van der Waals surface area contributed by atoms with Crippen LogP contribution in [-0.4, -0.2) is 21.8 Å². The summed E-state index contributed by atoms with van der Waals surface area (Å²) in [6.07, 6.45) is 0. The lowest BCUT2D eigenvalue weighted by Gasteiger charge is -2.15. The normalized spacial score (nSPS) is 12.3. The molecule has 5 rings (SSSR count). The minimum Gasteiger partial charge on any atom is -0.454 e. The number of ether oxygens (including phenoxy) is 2. The van der Waals surface area contributed by atoms with E-state index >= 15 is 0 Å². The van der Waals surface area contributed by atoms with E-state index in [-0.39, 0.29) is 25.8 Å². The first-order chi connectivity index (χ1) is 16.9. The molecule has 1 aliphatic rings. The predicted octanol–water partition coefficient (Wildman–Crippen LogP) is 3.70. The highest BCUT2D eigenvalue weighted by molar-refractivity contribution is 5.91. The monoisotopic (exact) mass is 471 g/mol. The molecule has 1 aromatic heterocycles. The fourth-order valence-electron chi connectivity index (χ4n) is 4.18. The van der Waals surface area contributed by atoms with Crippen molar-refractivity contribution in [3.05, 3.63) is 98.7 Å². The molecule has 0 saturated heterocycles. The number of anilines is 1. The van der Waals surface area contributed by atoms with Crippen molar-refractivity contribution in [3.63, 3.8) is 0 Å². The van der Waals surface area contributed by atoms with Crippen LogP contribution in [0, 0.1) is 0 Å². The summed E-state index contributed by atoms with van der Waals surface area (Å²) in [4.78, 5) is 39.5. The molecule has 2 heterocycles. The van der Waals surface area contributed by atoms with Gasteiger partial charge in [0.05, 0.1) is 17.4 Å². The molecule has 8 heteroatoms. The van der Waals surface area contributed by atoms with Crippen LogP contribution in [0.5, 0.6) is 11.5 Å². The highest BCUT2D eigenvalue weighted by atomic mass is 16.7. The van der Waals surface area contributed by atoms with Gasteiger partial charge in [-0.1, -0.05) is 44.2 Å². The molecule has 1 amide bonds. The van der Waals surface area contributed by atoms with Crippen molar-refractivity contribution in [2.75, 3.05) is 12.1 Å². The second kappa shape index (κ2) is 9.13. The zero-order chi connectivity index (χ0) is 24.5. The number of aromatic nitrogens is 2. The van der Waals surface area contributed by atoms with Crippen LogP contribution < -0.4 is 26.0 Å². The van der Waals surface area contributed by atoms with Gasteiger partial charge in [-0.3, -0.25) is 18.7 Å². The third kappa shape index (κ3) is 4.42. The maximum Gasteiger partial charge on any atom is 0.332 e. The van der Waals surface area contributed by atoms with Crippen LogP contribution in [0.25, 0.3) is 10.9 Å². The van der Waals surface area contributed by atoms with Crippen LogP contribution in [0.4, 0.5) is 5.69 Å². The Hall–Kier alpha value is -4.33. The Kier molecular flexibility index (Phi) is 5.86. The summed E-state index contributed by atoms with van der Waals surface area (Å²) >= 11 is 0. The minimum atomic E-state index is -0.559. The van der Waals surface area contributed by atoms with E-state index in [2.05, 4.69) is 19.2 Å². The molecule has 35 heavy (non-hydrogen) atoms. The summed E-state index contributed by atoms with van der Waals surface area (Å²) < 4.78 is 13.2. The lowest BCUT2D eigenvalue weighted by Crippen LogP contribution is -2.42. The minimum absolute atomic E-state index is 0.0391. The second-order valence-electron chi connectivity index (χ2n) is 8.79. The van der Waals surface area contributed by atoms with Crippen LogP contribution >= 0.6 is 0 Å². The van der Waals surface area contributed by atoms with Crippen LogP contribution in [0.15, 0.2) is 76.3 Å². The molecule has 0 spiro atoms. The fourth-order valence-corrected chi connectivity index (χ4v) is 4.18. The second-order valence-corrected chi connectivity index (χ2v) is 8.79. The molecule has 3 aromatic carbocycles. The van der Waals surface area contributed by atoms with E-state index in [0.717, 1.165) is 4.57 Å². The molecule has 0 bridgehead atoms. The number of hydrogen-bond donors (Lipinski definition) is 1. The Labute approximate surface area is 201 Å². The zero-order valence-corrected chi connectivity index (χ0v) is 19.5. The standard InChI is InChI=1S/C27H25N3O5/c1-17(2)19-8-10-20(11-9-19)28-25(31)15-29-22-6-4-3-5-21(22)26(32)30(27(29)33)14-18-7-12-23-24(13-18)35-16-34-23/h3-13,17H,14-16H2,1-2H3,(H,28,31). The molecule has 8 nitrogen and oxygen atoms in total. The van der Waals surface area contributed by atoms with E-state index in [0.29, 0.717) is 39.6 Å². The van der Waals surface area contributed by atoms with Gasteiger partial charge in [-0.2, -0.15) is 0 Å². The molecule has 1 aliphatic heterocycles. The molecule has 0 saturated carbocycles. The first-order valence-corrected chi connectivity index (χ1v) is 11.4. The van der Waals surface area contributed by atoms with E-state index < -0.39 is 11.2 Å².